The van der Waals surface area contributed by atoms with Crippen molar-refractivity contribution in [2.75, 3.05) is 11.4 Å². The summed E-state index contributed by atoms with van der Waals surface area (Å²) in [5.41, 5.74) is 2.15. The summed E-state index contributed by atoms with van der Waals surface area (Å²) in [6.07, 6.45) is 3.15. The number of nitrogens with one attached hydrogen (secondary N) is 1. The summed E-state index contributed by atoms with van der Waals surface area (Å²) >= 11 is 0. The normalized spacial score (nSPS) is 22.2. The molecule has 5 rings (SSSR count). The quantitative estimate of drug-likeness (QED) is 0.811. The summed E-state index contributed by atoms with van der Waals surface area (Å²) in [5, 5.41) is 0. The molecule has 1 unspecified atom stereocenters. The minimum atomic E-state index is -3.73. The van der Waals surface area contributed by atoms with Crippen molar-refractivity contribution >= 4 is 21.6 Å². The highest BCUT2D eigenvalue weighted by atomic mass is 32.2. The summed E-state index contributed by atoms with van der Waals surface area (Å²) in [7, 11) is -3.73. The molecule has 0 spiro atoms. The number of fused-ring (bicyclic) bond motifs is 2. The predicted molar refractivity (Wildman–Crippen MR) is 114 cm³/mol. The standard InChI is InChI=1S/C23H26N2O4S/c1-23(2)14-19(18-5-3-4-6-21(18)29-23)24-30(27,28)17-9-10-20-16(13-17)11-12-25(20)22(26)15-7-8-15/h3-6,9-10,13,15,19,24H,7-8,11-12,14H2,1-2H3. The third kappa shape index (κ3) is 3.50. The van der Waals surface area contributed by atoms with Gasteiger partial charge in [-0.15, -0.1) is 0 Å². The van der Waals surface area contributed by atoms with E-state index in [2.05, 4.69) is 4.72 Å². The lowest BCUT2D eigenvalue weighted by Crippen LogP contribution is -2.41. The fourth-order valence-corrected chi connectivity index (χ4v) is 5.75. The first-order chi connectivity index (χ1) is 14.2. The zero-order valence-corrected chi connectivity index (χ0v) is 18.0. The van der Waals surface area contributed by atoms with Crippen LogP contribution in [0.3, 0.4) is 0 Å². The van der Waals surface area contributed by atoms with E-state index in [1.807, 2.05) is 43.0 Å². The van der Waals surface area contributed by atoms with E-state index in [0.29, 0.717) is 25.1 Å². The van der Waals surface area contributed by atoms with Crippen molar-refractivity contribution in [3.05, 3.63) is 53.6 Å². The lowest BCUT2D eigenvalue weighted by Gasteiger charge is -2.37. The molecule has 30 heavy (non-hydrogen) atoms. The Bertz CT molecular complexity index is 1120. The number of sulfonamides is 1. The number of ether oxygens (including phenoxy) is 1. The van der Waals surface area contributed by atoms with E-state index in [9.17, 15) is 13.2 Å². The second-order valence-electron chi connectivity index (χ2n) is 9.08. The van der Waals surface area contributed by atoms with Gasteiger partial charge in [-0.2, -0.15) is 0 Å². The lowest BCUT2D eigenvalue weighted by atomic mass is 9.90. The van der Waals surface area contributed by atoms with Gasteiger partial charge in [0, 0.05) is 30.1 Å². The fourth-order valence-electron chi connectivity index (χ4n) is 4.49. The molecular formula is C23H26N2O4S. The molecule has 0 aromatic heterocycles. The molecule has 0 bridgehead atoms. The Labute approximate surface area is 177 Å². The first-order valence-electron chi connectivity index (χ1n) is 10.5. The van der Waals surface area contributed by atoms with Crippen LogP contribution in [0.1, 0.15) is 50.3 Å². The number of para-hydroxylation sites is 1. The zero-order chi connectivity index (χ0) is 21.1. The largest absolute Gasteiger partial charge is 0.487 e. The highest BCUT2D eigenvalue weighted by Gasteiger charge is 2.38. The van der Waals surface area contributed by atoms with Gasteiger partial charge in [0.25, 0.3) is 0 Å². The highest BCUT2D eigenvalue weighted by Crippen LogP contribution is 2.41. The molecular weight excluding hydrogens is 400 g/mol. The van der Waals surface area contributed by atoms with Crippen LogP contribution in [0.5, 0.6) is 5.75 Å². The summed E-state index contributed by atoms with van der Waals surface area (Å²) in [6, 6.07) is 12.3. The molecule has 1 aliphatic carbocycles. The SMILES string of the molecule is CC1(C)CC(NS(=O)(=O)c2ccc3c(c2)CCN3C(=O)C2CC2)c2ccccc2O1. The topological polar surface area (TPSA) is 75.7 Å². The molecule has 158 valence electrons. The fraction of sp³-hybridized carbons (Fsp3) is 0.435. The van der Waals surface area contributed by atoms with Crippen LogP contribution in [0, 0.1) is 5.92 Å². The molecule has 1 atom stereocenters. The number of carbonyl (C=O) groups is 1. The van der Waals surface area contributed by atoms with Crippen LogP contribution in [0.2, 0.25) is 0 Å². The minimum absolute atomic E-state index is 0.151. The molecule has 2 heterocycles. The third-order valence-electron chi connectivity index (χ3n) is 6.12. The van der Waals surface area contributed by atoms with E-state index in [1.165, 1.54) is 0 Å². The van der Waals surface area contributed by atoms with E-state index in [-0.39, 0.29) is 22.8 Å². The number of benzene rings is 2. The smallest absolute Gasteiger partial charge is 0.241 e. The molecule has 3 aliphatic rings. The second-order valence-corrected chi connectivity index (χ2v) is 10.8. The Hall–Kier alpha value is -2.38. The molecule has 2 aliphatic heterocycles. The van der Waals surface area contributed by atoms with Crippen LogP contribution < -0.4 is 14.4 Å². The van der Waals surface area contributed by atoms with Gasteiger partial charge >= 0.3 is 0 Å². The maximum atomic E-state index is 13.2. The molecule has 0 radical (unpaired) electrons. The Morgan fingerprint density at radius 3 is 2.70 bits per heavy atom. The average Bonchev–Trinajstić information content (AvgIpc) is 3.45. The predicted octanol–water partition coefficient (Wildman–Crippen LogP) is 3.57. The van der Waals surface area contributed by atoms with Crippen molar-refractivity contribution in [3.63, 3.8) is 0 Å². The van der Waals surface area contributed by atoms with Crippen molar-refractivity contribution in [1.29, 1.82) is 0 Å². The Kier molecular flexibility index (Phi) is 4.45. The number of carbonyl (C=O) groups excluding carboxylic acids is 1. The van der Waals surface area contributed by atoms with E-state index >= 15 is 0 Å². The first kappa shape index (κ1) is 19.6. The van der Waals surface area contributed by atoms with Crippen molar-refractivity contribution < 1.29 is 17.9 Å². The monoisotopic (exact) mass is 426 g/mol. The summed E-state index contributed by atoms with van der Waals surface area (Å²) in [4.78, 5) is 14.5. The van der Waals surface area contributed by atoms with Gasteiger partial charge in [-0.3, -0.25) is 4.79 Å². The molecule has 1 N–H and O–H groups in total. The van der Waals surface area contributed by atoms with Gasteiger partial charge in [-0.25, -0.2) is 13.1 Å². The van der Waals surface area contributed by atoms with Crippen LogP contribution in [0.4, 0.5) is 5.69 Å². The number of hydrogen-bond donors (Lipinski definition) is 1. The highest BCUT2D eigenvalue weighted by molar-refractivity contribution is 7.89. The molecule has 1 amide bonds. The van der Waals surface area contributed by atoms with E-state index in [0.717, 1.165) is 29.7 Å². The number of rotatable bonds is 4. The van der Waals surface area contributed by atoms with Gasteiger partial charge in [0.1, 0.15) is 11.4 Å². The molecule has 1 fully saturated rings. The van der Waals surface area contributed by atoms with E-state index in [4.69, 9.17) is 4.74 Å². The molecule has 0 saturated heterocycles. The first-order valence-corrected chi connectivity index (χ1v) is 12.0. The van der Waals surface area contributed by atoms with Gasteiger partial charge in [-0.1, -0.05) is 18.2 Å². The molecule has 2 aromatic rings. The molecule has 2 aromatic carbocycles. The lowest BCUT2D eigenvalue weighted by molar-refractivity contribution is -0.119. The summed E-state index contributed by atoms with van der Waals surface area (Å²) in [5.74, 6) is 1.03. The van der Waals surface area contributed by atoms with Crippen LogP contribution in [0.25, 0.3) is 0 Å². The van der Waals surface area contributed by atoms with Crippen LogP contribution in [0.15, 0.2) is 47.4 Å². The number of nitrogens with zero attached hydrogens (tertiary/aromatic N) is 1. The van der Waals surface area contributed by atoms with E-state index < -0.39 is 15.6 Å². The Morgan fingerprint density at radius 1 is 1.17 bits per heavy atom. The van der Waals surface area contributed by atoms with Crippen molar-refractivity contribution in [1.82, 2.24) is 4.72 Å². The maximum absolute atomic E-state index is 13.2. The number of hydrogen-bond acceptors (Lipinski definition) is 4. The summed E-state index contributed by atoms with van der Waals surface area (Å²) < 4.78 is 35.3. The van der Waals surface area contributed by atoms with Gasteiger partial charge in [-0.05, 0) is 62.9 Å². The van der Waals surface area contributed by atoms with Gasteiger partial charge < -0.3 is 9.64 Å². The minimum Gasteiger partial charge on any atom is -0.487 e. The van der Waals surface area contributed by atoms with Crippen molar-refractivity contribution in [2.24, 2.45) is 5.92 Å². The van der Waals surface area contributed by atoms with Crippen molar-refractivity contribution in [2.45, 2.75) is 56.1 Å². The zero-order valence-electron chi connectivity index (χ0n) is 17.2. The van der Waals surface area contributed by atoms with Crippen LogP contribution in [-0.4, -0.2) is 26.5 Å². The van der Waals surface area contributed by atoms with Crippen LogP contribution >= 0.6 is 0 Å². The molecule has 1 saturated carbocycles. The number of anilines is 1. The van der Waals surface area contributed by atoms with Crippen LogP contribution in [-0.2, 0) is 21.2 Å². The Morgan fingerprint density at radius 2 is 1.93 bits per heavy atom. The van der Waals surface area contributed by atoms with Gasteiger partial charge in [0.2, 0.25) is 15.9 Å². The van der Waals surface area contributed by atoms with Crippen molar-refractivity contribution in [3.8, 4) is 5.75 Å². The van der Waals surface area contributed by atoms with Gasteiger partial charge in [0.05, 0.1) is 10.9 Å². The summed E-state index contributed by atoms with van der Waals surface area (Å²) in [6.45, 7) is 4.55. The van der Waals surface area contributed by atoms with Gasteiger partial charge in [0.15, 0.2) is 0 Å². The molecule has 6 nitrogen and oxygen atoms in total. The second kappa shape index (κ2) is 6.82. The maximum Gasteiger partial charge on any atom is 0.241 e. The van der Waals surface area contributed by atoms with E-state index in [1.54, 1.807) is 18.2 Å². The third-order valence-corrected chi connectivity index (χ3v) is 7.59. The number of amides is 1. The Balaban J connectivity index is 1.42. The molecule has 7 heteroatoms. The average molecular weight is 427 g/mol.